The van der Waals surface area contributed by atoms with Crippen LogP contribution in [0.25, 0.3) is 0 Å². The van der Waals surface area contributed by atoms with E-state index >= 15 is 0 Å². The normalized spacial score (nSPS) is 11.3. The lowest BCUT2D eigenvalue weighted by Gasteiger charge is -2.11. The topological polar surface area (TPSA) is 102 Å². The lowest BCUT2D eigenvalue weighted by Crippen LogP contribution is -2.20. The number of aryl methyl sites for hydroxylation is 2. The first-order valence-electron chi connectivity index (χ1n) is 6.39. The molecule has 0 bridgehead atoms. The van der Waals surface area contributed by atoms with Gasteiger partial charge in [-0.1, -0.05) is 0 Å². The molecule has 4 N–H and O–H groups in total. The van der Waals surface area contributed by atoms with E-state index in [4.69, 9.17) is 17.4 Å². The molecule has 0 aliphatic rings. The highest BCUT2D eigenvalue weighted by Crippen LogP contribution is 2.19. The largest absolute Gasteiger partial charge is 0.332 e. The van der Waals surface area contributed by atoms with Crippen LogP contribution in [0.15, 0.2) is 29.2 Å². The maximum atomic E-state index is 11.2. The number of benzene rings is 1. The van der Waals surface area contributed by atoms with Crippen LogP contribution in [0.1, 0.15) is 11.4 Å². The van der Waals surface area contributed by atoms with Crippen LogP contribution in [0.2, 0.25) is 0 Å². The zero-order valence-corrected chi connectivity index (χ0v) is 14.0. The predicted octanol–water partition coefficient (Wildman–Crippen LogP) is 1.49. The molecule has 0 aliphatic heterocycles. The van der Waals surface area contributed by atoms with Gasteiger partial charge in [0.1, 0.15) is 0 Å². The van der Waals surface area contributed by atoms with E-state index in [2.05, 4.69) is 15.7 Å². The van der Waals surface area contributed by atoms with Gasteiger partial charge in [-0.2, -0.15) is 5.10 Å². The summed E-state index contributed by atoms with van der Waals surface area (Å²) in [6, 6.07) is 6.02. The lowest BCUT2D eigenvalue weighted by atomic mass is 10.3. The quantitative estimate of drug-likeness (QED) is 0.732. The number of aromatic nitrogens is 2. The molecule has 0 fully saturated rings. The number of hydrogen-bond acceptors (Lipinski definition) is 4. The summed E-state index contributed by atoms with van der Waals surface area (Å²) in [7, 11) is -1.84. The smallest absolute Gasteiger partial charge is 0.238 e. The first kappa shape index (κ1) is 16.4. The zero-order valence-electron chi connectivity index (χ0n) is 12.4. The van der Waals surface area contributed by atoms with Gasteiger partial charge in [0, 0.05) is 12.7 Å². The Morgan fingerprint density at radius 1 is 1.23 bits per heavy atom. The van der Waals surface area contributed by atoms with Crippen LogP contribution < -0.4 is 15.8 Å². The van der Waals surface area contributed by atoms with Crippen molar-refractivity contribution in [2.75, 3.05) is 10.6 Å². The molecule has 118 valence electrons. The van der Waals surface area contributed by atoms with Gasteiger partial charge in [0.15, 0.2) is 5.11 Å². The Hall–Kier alpha value is -1.97. The summed E-state index contributed by atoms with van der Waals surface area (Å²) >= 11 is 5.25. The van der Waals surface area contributed by atoms with E-state index < -0.39 is 10.0 Å². The summed E-state index contributed by atoms with van der Waals surface area (Å²) in [5.74, 6) is 0. The van der Waals surface area contributed by atoms with Crippen molar-refractivity contribution in [2.24, 2.45) is 12.2 Å². The molecule has 0 saturated carbocycles. The highest BCUT2D eigenvalue weighted by Gasteiger charge is 2.11. The second kappa shape index (κ2) is 6.03. The van der Waals surface area contributed by atoms with Crippen molar-refractivity contribution in [1.29, 1.82) is 0 Å². The number of thiocarbonyl (C=S) groups is 1. The van der Waals surface area contributed by atoms with Crippen LogP contribution in [-0.2, 0) is 17.1 Å². The van der Waals surface area contributed by atoms with Gasteiger partial charge in [-0.05, 0) is 50.3 Å². The Labute approximate surface area is 134 Å². The molecule has 2 rings (SSSR count). The number of nitrogens with zero attached hydrogens (tertiary/aromatic N) is 2. The lowest BCUT2D eigenvalue weighted by molar-refractivity contribution is 0.598. The number of sulfonamides is 1. The Bertz CT molecular complexity index is 810. The van der Waals surface area contributed by atoms with Gasteiger partial charge in [0.25, 0.3) is 0 Å². The molecule has 0 amide bonds. The van der Waals surface area contributed by atoms with Gasteiger partial charge >= 0.3 is 0 Å². The fourth-order valence-corrected chi connectivity index (χ4v) is 2.69. The van der Waals surface area contributed by atoms with Gasteiger partial charge < -0.3 is 10.6 Å². The highest BCUT2D eigenvalue weighted by molar-refractivity contribution is 7.89. The number of hydrogen-bond donors (Lipinski definition) is 3. The van der Waals surface area contributed by atoms with E-state index in [0.29, 0.717) is 10.8 Å². The molecule has 1 aromatic carbocycles. The summed E-state index contributed by atoms with van der Waals surface area (Å²) in [6.07, 6.45) is 0. The molecule has 22 heavy (non-hydrogen) atoms. The summed E-state index contributed by atoms with van der Waals surface area (Å²) in [5.41, 5.74) is 3.31. The summed E-state index contributed by atoms with van der Waals surface area (Å²) in [5, 5.41) is 15.8. The number of primary sulfonamides is 1. The molecular weight excluding hydrogens is 322 g/mol. The predicted molar refractivity (Wildman–Crippen MR) is 90.3 cm³/mol. The molecule has 0 radical (unpaired) electrons. The number of nitrogens with two attached hydrogens (primary N) is 1. The maximum absolute atomic E-state index is 11.2. The molecule has 0 aliphatic carbocycles. The van der Waals surface area contributed by atoms with Crippen LogP contribution in [0.5, 0.6) is 0 Å². The van der Waals surface area contributed by atoms with E-state index in [1.54, 1.807) is 16.8 Å². The third-order valence-electron chi connectivity index (χ3n) is 3.19. The zero-order chi connectivity index (χ0) is 16.5. The molecule has 0 saturated heterocycles. The Morgan fingerprint density at radius 3 is 2.27 bits per heavy atom. The second-order valence-corrected chi connectivity index (χ2v) is 6.79. The van der Waals surface area contributed by atoms with Crippen molar-refractivity contribution in [3.63, 3.8) is 0 Å². The number of anilines is 2. The first-order valence-corrected chi connectivity index (χ1v) is 8.35. The standard InChI is InChI=1S/C13H17N5O2S2/c1-8-12(9(2)18(3)17-8)16-13(21)15-10-4-6-11(7-5-10)22(14,19)20/h4-7H,1-3H3,(H2,14,19,20)(H2,15,16,21). The number of nitrogens with one attached hydrogen (secondary N) is 2. The molecule has 0 atom stereocenters. The Morgan fingerprint density at radius 2 is 1.82 bits per heavy atom. The van der Waals surface area contributed by atoms with E-state index in [1.165, 1.54) is 12.1 Å². The van der Waals surface area contributed by atoms with Crippen molar-refractivity contribution in [3.8, 4) is 0 Å². The fraction of sp³-hybridized carbons (Fsp3) is 0.231. The van der Waals surface area contributed by atoms with E-state index in [0.717, 1.165) is 17.1 Å². The summed E-state index contributed by atoms with van der Waals surface area (Å²) in [4.78, 5) is 0.0517. The summed E-state index contributed by atoms with van der Waals surface area (Å²) < 4.78 is 24.2. The second-order valence-electron chi connectivity index (χ2n) is 4.82. The molecule has 9 heteroatoms. The Balaban J connectivity index is 2.09. The minimum Gasteiger partial charge on any atom is -0.332 e. The molecular formula is C13H17N5O2S2. The van der Waals surface area contributed by atoms with Crippen molar-refractivity contribution in [2.45, 2.75) is 18.7 Å². The minimum absolute atomic E-state index is 0.0517. The highest BCUT2D eigenvalue weighted by atomic mass is 32.2. The molecule has 2 aromatic rings. The average molecular weight is 339 g/mol. The molecule has 1 heterocycles. The number of rotatable bonds is 3. The van der Waals surface area contributed by atoms with Gasteiger partial charge in [-0.25, -0.2) is 13.6 Å². The monoisotopic (exact) mass is 339 g/mol. The van der Waals surface area contributed by atoms with Crippen LogP contribution in [0, 0.1) is 13.8 Å². The third-order valence-corrected chi connectivity index (χ3v) is 4.32. The Kier molecular flexibility index (Phi) is 4.50. The van der Waals surface area contributed by atoms with E-state index in [9.17, 15) is 8.42 Å². The molecule has 1 aromatic heterocycles. The summed E-state index contributed by atoms with van der Waals surface area (Å²) in [6.45, 7) is 3.82. The molecule has 0 unspecified atom stereocenters. The van der Waals surface area contributed by atoms with Gasteiger partial charge in [0.05, 0.1) is 22.0 Å². The first-order chi connectivity index (χ1) is 10.2. The molecule has 7 nitrogen and oxygen atoms in total. The van der Waals surface area contributed by atoms with E-state index in [-0.39, 0.29) is 4.90 Å². The van der Waals surface area contributed by atoms with Gasteiger partial charge in [0.2, 0.25) is 10.0 Å². The maximum Gasteiger partial charge on any atom is 0.238 e. The van der Waals surface area contributed by atoms with Crippen molar-refractivity contribution in [3.05, 3.63) is 35.7 Å². The van der Waals surface area contributed by atoms with Gasteiger partial charge in [-0.15, -0.1) is 0 Å². The third kappa shape index (κ3) is 3.62. The van der Waals surface area contributed by atoms with Crippen LogP contribution in [-0.4, -0.2) is 23.3 Å². The van der Waals surface area contributed by atoms with Crippen molar-refractivity contribution >= 4 is 38.7 Å². The SMILES string of the molecule is Cc1nn(C)c(C)c1NC(=S)Nc1ccc(S(N)(=O)=O)cc1. The average Bonchev–Trinajstić information content (AvgIpc) is 2.65. The van der Waals surface area contributed by atoms with Crippen molar-refractivity contribution in [1.82, 2.24) is 9.78 Å². The van der Waals surface area contributed by atoms with Crippen LogP contribution in [0.4, 0.5) is 11.4 Å². The van der Waals surface area contributed by atoms with Crippen molar-refractivity contribution < 1.29 is 8.42 Å². The van der Waals surface area contributed by atoms with Crippen LogP contribution in [0.3, 0.4) is 0 Å². The fourth-order valence-electron chi connectivity index (χ4n) is 1.96. The molecule has 0 spiro atoms. The minimum atomic E-state index is -3.69. The van der Waals surface area contributed by atoms with Crippen LogP contribution >= 0.6 is 12.2 Å². The van der Waals surface area contributed by atoms with Gasteiger partial charge in [-0.3, -0.25) is 4.68 Å². The van der Waals surface area contributed by atoms with E-state index in [1.807, 2.05) is 20.9 Å².